The first-order valence-electron chi connectivity index (χ1n) is 13.2. The molecule has 0 spiro atoms. The average molecular weight is 640 g/mol. The average Bonchev–Trinajstić information content (AvgIpc) is 3.02. The van der Waals surface area contributed by atoms with Crippen LogP contribution in [-0.2, 0) is 28.7 Å². The van der Waals surface area contributed by atoms with E-state index in [2.05, 4.69) is 5.32 Å². The topological polar surface area (TPSA) is 199 Å². The summed E-state index contributed by atoms with van der Waals surface area (Å²) in [6.45, 7) is 2.31. The first kappa shape index (κ1) is 34.4. The molecule has 3 rings (SSSR count). The van der Waals surface area contributed by atoms with E-state index in [0.717, 1.165) is 32.0 Å². The summed E-state index contributed by atoms with van der Waals surface area (Å²) in [7, 11) is 3.92. The van der Waals surface area contributed by atoms with Gasteiger partial charge in [0.15, 0.2) is 23.0 Å². The van der Waals surface area contributed by atoms with Crippen molar-refractivity contribution in [3.8, 4) is 28.7 Å². The third kappa shape index (κ3) is 8.95. The molecule has 0 bridgehead atoms. The zero-order chi connectivity index (χ0) is 34.0. The van der Waals surface area contributed by atoms with Crippen LogP contribution < -0.4 is 29.0 Å². The maximum Gasteiger partial charge on any atom is 0.349 e. The molecule has 3 aromatic rings. The van der Waals surface area contributed by atoms with Gasteiger partial charge in [-0.1, -0.05) is 0 Å². The molecule has 0 saturated heterocycles. The number of carbonyl (C=O) groups excluding carboxylic acids is 5. The number of ether oxygens (including phenoxy) is 7. The van der Waals surface area contributed by atoms with Gasteiger partial charge in [0.2, 0.25) is 12.2 Å². The van der Waals surface area contributed by atoms with E-state index in [9.17, 15) is 33.9 Å². The maximum absolute atomic E-state index is 13.4. The Balaban J connectivity index is 1.97. The molecule has 46 heavy (non-hydrogen) atoms. The molecule has 0 fully saturated rings. The van der Waals surface area contributed by atoms with E-state index < -0.39 is 48.0 Å². The lowest BCUT2D eigenvalue weighted by molar-refractivity contribution is -0.157. The van der Waals surface area contributed by atoms with E-state index in [1.54, 1.807) is 0 Å². The minimum Gasteiger partial charge on any atom is -0.497 e. The summed E-state index contributed by atoms with van der Waals surface area (Å²) in [6.07, 6.45) is -4.60. The zero-order valence-corrected chi connectivity index (χ0v) is 25.2. The summed E-state index contributed by atoms with van der Waals surface area (Å²) in [5.41, 5.74) is -0.304. The molecule has 3 aromatic carbocycles. The van der Waals surface area contributed by atoms with Crippen molar-refractivity contribution in [1.82, 2.24) is 0 Å². The number of carboxylic acids is 1. The molecule has 242 valence electrons. The molecule has 0 aliphatic carbocycles. The van der Waals surface area contributed by atoms with Crippen molar-refractivity contribution in [1.29, 1.82) is 0 Å². The van der Waals surface area contributed by atoms with Gasteiger partial charge in [-0.25, -0.2) is 14.4 Å². The molecular formula is C31H29NO14. The summed E-state index contributed by atoms with van der Waals surface area (Å²) >= 11 is 0. The highest BCUT2D eigenvalue weighted by atomic mass is 16.6. The first-order valence-corrected chi connectivity index (χ1v) is 13.2. The lowest BCUT2D eigenvalue weighted by Crippen LogP contribution is -2.48. The zero-order valence-electron chi connectivity index (χ0n) is 25.2. The van der Waals surface area contributed by atoms with E-state index in [1.165, 1.54) is 63.8 Å². The normalized spacial score (nSPS) is 11.6. The Morgan fingerprint density at radius 1 is 0.609 bits per heavy atom. The Morgan fingerprint density at radius 3 is 1.46 bits per heavy atom. The number of carbonyl (C=O) groups is 6. The molecule has 15 nitrogen and oxygen atoms in total. The van der Waals surface area contributed by atoms with Crippen LogP contribution in [0.5, 0.6) is 28.7 Å². The van der Waals surface area contributed by atoms with Crippen LogP contribution in [0, 0.1) is 0 Å². The molecular weight excluding hydrogens is 610 g/mol. The van der Waals surface area contributed by atoms with Crippen LogP contribution in [0.4, 0.5) is 5.69 Å². The molecule has 0 heterocycles. The highest BCUT2D eigenvalue weighted by Gasteiger charge is 2.41. The molecule has 0 saturated carbocycles. The second-order valence-corrected chi connectivity index (χ2v) is 9.13. The Bertz CT molecular complexity index is 1630. The Morgan fingerprint density at radius 2 is 1.07 bits per heavy atom. The molecule has 2 N–H and O–H groups in total. The molecule has 0 aliphatic heterocycles. The van der Waals surface area contributed by atoms with Gasteiger partial charge in [0.25, 0.3) is 5.91 Å². The molecule has 2 atom stereocenters. The standard InChI is InChI=1S/C31H29NO14/c1-16(33)43-22-12-6-18(14-24(22)41-4)30(38)45-26(28(35)32-20-8-10-21(40-3)11-9-20)27(29(36)37)46-31(39)19-7-13-23(44-17(2)34)25(15-19)42-5/h6-15,26-27H,1-5H3,(H,32,35)(H,36,37)/t26-,27+/m0/s1. The molecule has 0 aromatic heterocycles. The molecule has 0 radical (unpaired) electrons. The molecule has 0 aliphatic rings. The highest BCUT2D eigenvalue weighted by Crippen LogP contribution is 2.30. The van der Waals surface area contributed by atoms with Crippen LogP contribution in [0.25, 0.3) is 0 Å². The van der Waals surface area contributed by atoms with Crippen LogP contribution in [0.2, 0.25) is 0 Å². The number of esters is 4. The Kier molecular flexibility index (Phi) is 11.6. The van der Waals surface area contributed by atoms with Gasteiger partial charge in [0.1, 0.15) is 5.75 Å². The fourth-order valence-electron chi connectivity index (χ4n) is 3.82. The van der Waals surface area contributed by atoms with Crippen LogP contribution in [0.15, 0.2) is 60.7 Å². The second kappa shape index (κ2) is 15.6. The van der Waals surface area contributed by atoms with Crippen molar-refractivity contribution in [2.45, 2.75) is 26.1 Å². The van der Waals surface area contributed by atoms with E-state index in [-0.39, 0.29) is 39.8 Å². The number of methoxy groups -OCH3 is 3. The van der Waals surface area contributed by atoms with Crippen LogP contribution in [0.1, 0.15) is 34.6 Å². The van der Waals surface area contributed by atoms with Crippen molar-refractivity contribution in [2.75, 3.05) is 26.6 Å². The summed E-state index contributed by atoms with van der Waals surface area (Å²) < 4.78 is 35.9. The van der Waals surface area contributed by atoms with Gasteiger partial charge in [0.05, 0.1) is 32.5 Å². The summed E-state index contributed by atoms with van der Waals surface area (Å²) in [5.74, 6) is -6.46. The number of rotatable bonds is 13. The monoisotopic (exact) mass is 639 g/mol. The highest BCUT2D eigenvalue weighted by molar-refractivity contribution is 6.01. The van der Waals surface area contributed by atoms with Crippen molar-refractivity contribution in [3.05, 3.63) is 71.8 Å². The van der Waals surface area contributed by atoms with Gasteiger partial charge >= 0.3 is 29.8 Å². The quantitative estimate of drug-likeness (QED) is 0.204. The number of hydrogen-bond donors (Lipinski definition) is 2. The minimum absolute atomic E-state index is 0.0205. The van der Waals surface area contributed by atoms with E-state index in [4.69, 9.17) is 33.2 Å². The second-order valence-electron chi connectivity index (χ2n) is 9.13. The van der Waals surface area contributed by atoms with E-state index in [1.807, 2.05) is 0 Å². The van der Waals surface area contributed by atoms with Crippen molar-refractivity contribution in [3.63, 3.8) is 0 Å². The Labute approximate surface area is 261 Å². The largest absolute Gasteiger partial charge is 0.497 e. The number of benzene rings is 3. The van der Waals surface area contributed by atoms with Crippen molar-refractivity contribution < 1.29 is 67.0 Å². The maximum atomic E-state index is 13.4. The van der Waals surface area contributed by atoms with E-state index in [0.29, 0.717) is 5.75 Å². The third-order valence-corrected chi connectivity index (χ3v) is 5.91. The molecule has 0 unspecified atom stereocenters. The van der Waals surface area contributed by atoms with Crippen molar-refractivity contribution in [2.24, 2.45) is 0 Å². The van der Waals surface area contributed by atoms with Crippen LogP contribution in [-0.4, -0.2) is 74.4 Å². The first-order chi connectivity index (χ1) is 21.9. The van der Waals surface area contributed by atoms with Gasteiger partial charge in [-0.05, 0) is 60.7 Å². The fourth-order valence-corrected chi connectivity index (χ4v) is 3.82. The van der Waals surface area contributed by atoms with E-state index >= 15 is 0 Å². The van der Waals surface area contributed by atoms with Gasteiger partial charge in [0, 0.05) is 19.5 Å². The number of hydrogen-bond acceptors (Lipinski definition) is 13. The smallest absolute Gasteiger partial charge is 0.349 e. The minimum atomic E-state index is -2.36. The third-order valence-electron chi connectivity index (χ3n) is 5.91. The van der Waals surface area contributed by atoms with Gasteiger partial charge in [-0.15, -0.1) is 0 Å². The SMILES string of the molecule is COc1ccc(NC(=O)[C@@H](OC(=O)c2ccc(OC(C)=O)c(OC)c2)[C@@H](OC(=O)c2ccc(OC(C)=O)c(OC)c2)C(=O)O)cc1. The van der Waals surface area contributed by atoms with Gasteiger partial charge in [-0.2, -0.15) is 0 Å². The van der Waals surface area contributed by atoms with Crippen LogP contribution >= 0.6 is 0 Å². The molecule has 15 heteroatoms. The predicted octanol–water partition coefficient (Wildman–Crippen LogP) is 3.04. The van der Waals surface area contributed by atoms with Gasteiger partial charge < -0.3 is 43.6 Å². The summed E-state index contributed by atoms with van der Waals surface area (Å²) in [6, 6.07) is 12.9. The fraction of sp³-hybridized carbons (Fsp3) is 0.226. The Hall–Kier alpha value is -6.12. The summed E-state index contributed by atoms with van der Waals surface area (Å²) in [5, 5.41) is 12.5. The number of nitrogens with one attached hydrogen (secondary N) is 1. The number of anilines is 1. The number of aliphatic carboxylic acids is 1. The van der Waals surface area contributed by atoms with Gasteiger partial charge in [-0.3, -0.25) is 14.4 Å². The number of carboxylic acid groups (broad SMARTS) is 1. The number of amides is 1. The van der Waals surface area contributed by atoms with Crippen molar-refractivity contribution >= 4 is 41.4 Å². The lowest BCUT2D eigenvalue weighted by atomic mass is 10.1. The molecule has 1 amide bonds. The summed E-state index contributed by atoms with van der Waals surface area (Å²) in [4.78, 5) is 74.9. The predicted molar refractivity (Wildman–Crippen MR) is 156 cm³/mol. The van der Waals surface area contributed by atoms with Crippen LogP contribution in [0.3, 0.4) is 0 Å². The lowest BCUT2D eigenvalue weighted by Gasteiger charge is -2.24.